The molecule has 0 aromatic carbocycles. The Bertz CT molecular complexity index is 294. The lowest BCUT2D eigenvalue weighted by Crippen LogP contribution is -1.99. The molecule has 0 aliphatic heterocycles. The highest BCUT2D eigenvalue weighted by molar-refractivity contribution is 4.92. The smallest absolute Gasteiger partial charge is 0.0612 e. The Hall–Kier alpha value is -0.860. The Morgan fingerprint density at radius 2 is 1.64 bits per heavy atom. The molecule has 0 heterocycles. The van der Waals surface area contributed by atoms with E-state index < -0.39 is 0 Å². The minimum atomic E-state index is 0.134. The number of allylic oxidation sites excluding steroid dienone is 4. The van der Waals surface area contributed by atoms with Gasteiger partial charge in [0.25, 0.3) is 0 Å². The molecule has 0 amide bonds. The number of hydrogen-bond donors (Lipinski definition) is 2. The van der Waals surface area contributed by atoms with Gasteiger partial charge in [0.15, 0.2) is 0 Å². The van der Waals surface area contributed by atoms with Gasteiger partial charge in [-0.1, -0.05) is 56.6 Å². The number of aliphatic hydroxyl groups excluding tert-OH is 2. The Kier molecular flexibility index (Phi) is 15.9. The maximum Gasteiger partial charge on any atom is 0.0612 e. The number of rotatable bonds is 15. The molecule has 0 fully saturated rings. The molecular formula is C20H36O2. The first kappa shape index (κ1) is 21.1. The normalized spacial score (nSPS) is 14.7. The lowest BCUT2D eigenvalue weighted by Gasteiger charge is -2.13. The predicted octanol–water partition coefficient (Wildman–Crippen LogP) is 5.03. The molecule has 2 nitrogen and oxygen atoms in total. The van der Waals surface area contributed by atoms with Crippen LogP contribution in [0.25, 0.3) is 0 Å². The van der Waals surface area contributed by atoms with E-state index in [0.717, 1.165) is 44.4 Å². The van der Waals surface area contributed by atoms with Gasteiger partial charge in [-0.2, -0.15) is 0 Å². The van der Waals surface area contributed by atoms with Crippen LogP contribution in [0, 0.1) is 11.8 Å². The summed E-state index contributed by atoms with van der Waals surface area (Å²) in [5.41, 5.74) is 0. The lowest BCUT2D eigenvalue weighted by atomic mass is 9.93. The molecule has 0 aromatic rings. The van der Waals surface area contributed by atoms with E-state index in [1.54, 1.807) is 6.08 Å². The Morgan fingerprint density at radius 3 is 2.27 bits per heavy atom. The number of aliphatic hydroxyl groups is 2. The highest BCUT2D eigenvalue weighted by Gasteiger charge is 2.05. The molecule has 2 atom stereocenters. The molecule has 2 heteroatoms. The van der Waals surface area contributed by atoms with Crippen LogP contribution < -0.4 is 0 Å². The molecule has 2 unspecified atom stereocenters. The number of hydrogen-bond acceptors (Lipinski definition) is 2. The summed E-state index contributed by atoms with van der Waals surface area (Å²) in [6.45, 7) is 6.64. The molecular weight excluding hydrogens is 272 g/mol. The zero-order valence-corrected chi connectivity index (χ0v) is 14.4. The molecule has 0 aromatic heterocycles. The maximum atomic E-state index is 8.83. The molecule has 0 aliphatic carbocycles. The van der Waals surface area contributed by atoms with E-state index in [-0.39, 0.29) is 6.61 Å². The zero-order valence-electron chi connectivity index (χ0n) is 14.4. The van der Waals surface area contributed by atoms with Crippen molar-refractivity contribution in [3.8, 4) is 0 Å². The van der Waals surface area contributed by atoms with Crippen molar-refractivity contribution >= 4 is 0 Å². The second-order valence-corrected chi connectivity index (χ2v) is 6.01. The Balaban J connectivity index is 3.80. The minimum absolute atomic E-state index is 0.134. The summed E-state index contributed by atoms with van der Waals surface area (Å²) in [5.74, 6) is 1.33. The van der Waals surface area contributed by atoms with E-state index >= 15 is 0 Å². The summed E-state index contributed by atoms with van der Waals surface area (Å²) < 4.78 is 0. The first-order valence-electron chi connectivity index (χ1n) is 8.92. The third-order valence-electron chi connectivity index (χ3n) is 4.25. The molecule has 0 aliphatic rings. The molecule has 0 saturated carbocycles. The van der Waals surface area contributed by atoms with Gasteiger partial charge in [-0.25, -0.2) is 0 Å². The average molecular weight is 309 g/mol. The van der Waals surface area contributed by atoms with Gasteiger partial charge in [-0.15, -0.1) is 6.58 Å². The van der Waals surface area contributed by atoms with Gasteiger partial charge in [0.2, 0.25) is 0 Å². The van der Waals surface area contributed by atoms with Gasteiger partial charge in [0.05, 0.1) is 6.61 Å². The van der Waals surface area contributed by atoms with Crippen LogP contribution in [0.1, 0.15) is 64.7 Å². The van der Waals surface area contributed by atoms with Crippen LogP contribution in [-0.2, 0) is 0 Å². The van der Waals surface area contributed by atoms with Crippen molar-refractivity contribution in [3.63, 3.8) is 0 Å². The highest BCUT2D eigenvalue weighted by Crippen LogP contribution is 2.19. The first-order valence-corrected chi connectivity index (χ1v) is 8.92. The lowest BCUT2D eigenvalue weighted by molar-refractivity contribution is 0.275. The third-order valence-corrected chi connectivity index (χ3v) is 4.25. The maximum absolute atomic E-state index is 8.83. The van der Waals surface area contributed by atoms with Crippen molar-refractivity contribution in [2.45, 2.75) is 64.7 Å². The third kappa shape index (κ3) is 12.8. The molecule has 0 spiro atoms. The van der Waals surface area contributed by atoms with Crippen molar-refractivity contribution in [1.82, 2.24) is 0 Å². The molecule has 0 saturated heterocycles. The van der Waals surface area contributed by atoms with E-state index in [2.05, 4.69) is 25.7 Å². The van der Waals surface area contributed by atoms with Gasteiger partial charge in [-0.05, 0) is 50.4 Å². The van der Waals surface area contributed by atoms with Crippen molar-refractivity contribution in [2.24, 2.45) is 11.8 Å². The second-order valence-electron chi connectivity index (χ2n) is 6.01. The van der Waals surface area contributed by atoms with Gasteiger partial charge in [0, 0.05) is 6.61 Å². The molecule has 0 radical (unpaired) electrons. The monoisotopic (exact) mass is 308 g/mol. The van der Waals surface area contributed by atoms with Crippen LogP contribution in [0.3, 0.4) is 0 Å². The van der Waals surface area contributed by atoms with Crippen molar-refractivity contribution in [3.05, 3.63) is 37.0 Å². The summed E-state index contributed by atoms with van der Waals surface area (Å²) in [5, 5.41) is 17.5. The standard InChI is InChI=1S/C20H36O2/c1-3-19(15-9-6-11-17-21)13-7-5-8-14-20(4-2)16-10-12-18-22/h3,5-7,11,19-22H,1,4,8-10,12-18H2,2H3/b7-5+,11-6-. The van der Waals surface area contributed by atoms with E-state index in [9.17, 15) is 0 Å². The van der Waals surface area contributed by atoms with E-state index in [1.807, 2.05) is 12.2 Å². The summed E-state index contributed by atoms with van der Waals surface area (Å²) >= 11 is 0. The van der Waals surface area contributed by atoms with Crippen LogP contribution in [0.2, 0.25) is 0 Å². The quantitative estimate of drug-likeness (QED) is 0.329. The van der Waals surface area contributed by atoms with Gasteiger partial charge >= 0.3 is 0 Å². The van der Waals surface area contributed by atoms with Crippen LogP contribution >= 0.6 is 0 Å². The average Bonchev–Trinajstić information content (AvgIpc) is 2.54. The molecule has 22 heavy (non-hydrogen) atoms. The Morgan fingerprint density at radius 1 is 0.909 bits per heavy atom. The fourth-order valence-corrected chi connectivity index (χ4v) is 2.65. The SMILES string of the molecule is C=CC(C/C=C/CCC(CC)CCCCO)CC/C=C\CO. The second kappa shape index (κ2) is 16.5. The largest absolute Gasteiger partial charge is 0.396 e. The molecule has 128 valence electrons. The summed E-state index contributed by atoms with van der Waals surface area (Å²) in [6, 6.07) is 0. The molecule has 0 rings (SSSR count). The van der Waals surface area contributed by atoms with E-state index in [0.29, 0.717) is 12.5 Å². The van der Waals surface area contributed by atoms with Crippen molar-refractivity contribution in [1.29, 1.82) is 0 Å². The van der Waals surface area contributed by atoms with Gasteiger partial charge < -0.3 is 10.2 Å². The van der Waals surface area contributed by atoms with E-state index in [1.165, 1.54) is 19.3 Å². The van der Waals surface area contributed by atoms with Gasteiger partial charge in [0.1, 0.15) is 0 Å². The highest BCUT2D eigenvalue weighted by atomic mass is 16.3. The van der Waals surface area contributed by atoms with Crippen LogP contribution in [0.4, 0.5) is 0 Å². The summed E-state index contributed by atoms with van der Waals surface area (Å²) in [6.07, 6.45) is 20.7. The van der Waals surface area contributed by atoms with Gasteiger partial charge in [-0.3, -0.25) is 0 Å². The van der Waals surface area contributed by atoms with Crippen LogP contribution in [0.5, 0.6) is 0 Å². The number of unbranched alkanes of at least 4 members (excludes halogenated alkanes) is 1. The fourth-order valence-electron chi connectivity index (χ4n) is 2.65. The van der Waals surface area contributed by atoms with Crippen LogP contribution in [0.15, 0.2) is 37.0 Å². The zero-order chi connectivity index (χ0) is 16.5. The van der Waals surface area contributed by atoms with Crippen molar-refractivity contribution < 1.29 is 10.2 Å². The summed E-state index contributed by atoms with van der Waals surface area (Å²) in [7, 11) is 0. The Labute approximate surface area is 137 Å². The summed E-state index contributed by atoms with van der Waals surface area (Å²) in [4.78, 5) is 0. The molecule has 0 bridgehead atoms. The first-order chi connectivity index (χ1) is 10.8. The topological polar surface area (TPSA) is 40.5 Å². The predicted molar refractivity (Wildman–Crippen MR) is 96.9 cm³/mol. The van der Waals surface area contributed by atoms with E-state index in [4.69, 9.17) is 10.2 Å². The molecule has 2 N–H and O–H groups in total. The fraction of sp³-hybridized carbons (Fsp3) is 0.700. The minimum Gasteiger partial charge on any atom is -0.396 e. The van der Waals surface area contributed by atoms with Crippen molar-refractivity contribution in [2.75, 3.05) is 13.2 Å². The van der Waals surface area contributed by atoms with Crippen LogP contribution in [-0.4, -0.2) is 23.4 Å².